The van der Waals surface area contributed by atoms with E-state index in [0.717, 1.165) is 31.6 Å². The number of aromatic nitrogens is 1. The van der Waals surface area contributed by atoms with Gasteiger partial charge in [0.15, 0.2) is 0 Å². The van der Waals surface area contributed by atoms with Crippen molar-refractivity contribution in [3.05, 3.63) is 18.3 Å². The van der Waals surface area contributed by atoms with Crippen molar-refractivity contribution in [1.82, 2.24) is 4.98 Å². The molecule has 1 saturated carbocycles. The summed E-state index contributed by atoms with van der Waals surface area (Å²) >= 11 is 0. The molecule has 4 nitrogen and oxygen atoms in total. The summed E-state index contributed by atoms with van der Waals surface area (Å²) in [5, 5.41) is 13.6. The van der Waals surface area contributed by atoms with Gasteiger partial charge >= 0.3 is 0 Å². The molecular formula is C13H21N3O. The molecule has 4 N–H and O–H groups in total. The highest BCUT2D eigenvalue weighted by Crippen LogP contribution is 2.32. The van der Waals surface area contributed by atoms with Crippen LogP contribution in [0.5, 0.6) is 0 Å². The first-order valence-corrected chi connectivity index (χ1v) is 6.26. The fourth-order valence-corrected chi connectivity index (χ4v) is 2.29. The Hall–Kier alpha value is -1.29. The lowest BCUT2D eigenvalue weighted by Gasteiger charge is -2.35. The second-order valence-electron chi connectivity index (χ2n) is 5.20. The van der Waals surface area contributed by atoms with Gasteiger partial charge in [-0.15, -0.1) is 0 Å². The molecule has 1 aliphatic rings. The molecule has 1 heterocycles. The first-order valence-electron chi connectivity index (χ1n) is 6.26. The Kier molecular flexibility index (Phi) is 3.52. The van der Waals surface area contributed by atoms with Crippen LogP contribution < -0.4 is 11.1 Å². The second kappa shape index (κ2) is 4.92. The van der Waals surface area contributed by atoms with Crippen LogP contribution in [0.3, 0.4) is 0 Å². The van der Waals surface area contributed by atoms with Crippen molar-refractivity contribution in [2.45, 2.75) is 38.2 Å². The van der Waals surface area contributed by atoms with Gasteiger partial charge in [-0.05, 0) is 43.7 Å². The third-order valence-electron chi connectivity index (χ3n) is 3.63. The van der Waals surface area contributed by atoms with Gasteiger partial charge < -0.3 is 16.2 Å². The van der Waals surface area contributed by atoms with Crippen LogP contribution in [0, 0.1) is 5.92 Å². The molecule has 0 spiro atoms. The number of hydrogen-bond donors (Lipinski definition) is 3. The monoisotopic (exact) mass is 235 g/mol. The van der Waals surface area contributed by atoms with Crippen LogP contribution in [0.15, 0.2) is 18.3 Å². The smallest absolute Gasteiger partial charge is 0.149 e. The highest BCUT2D eigenvalue weighted by Gasteiger charge is 2.31. The summed E-state index contributed by atoms with van der Waals surface area (Å²) < 4.78 is 0. The fraction of sp³-hybridized carbons (Fsp3) is 0.615. The maximum atomic E-state index is 10.4. The summed E-state index contributed by atoms with van der Waals surface area (Å²) in [6.07, 6.45) is 5.60. The molecule has 0 unspecified atom stereocenters. The number of nitrogens with two attached hydrogens (primary N) is 1. The number of pyridine rings is 1. The predicted octanol–water partition coefficient (Wildman–Crippen LogP) is 2.02. The molecule has 0 aliphatic heterocycles. The topological polar surface area (TPSA) is 71.2 Å². The molecule has 17 heavy (non-hydrogen) atoms. The predicted molar refractivity (Wildman–Crippen MR) is 69.7 cm³/mol. The molecule has 0 atom stereocenters. The Bertz CT molecular complexity index is 373. The van der Waals surface area contributed by atoms with E-state index < -0.39 is 5.60 Å². The van der Waals surface area contributed by atoms with Crippen molar-refractivity contribution in [2.24, 2.45) is 5.92 Å². The number of nitrogen functional groups attached to an aromatic ring is 1. The normalized spacial score (nSPS) is 28.9. The molecule has 0 radical (unpaired) electrons. The molecule has 1 aliphatic carbocycles. The van der Waals surface area contributed by atoms with E-state index >= 15 is 0 Å². The molecule has 1 fully saturated rings. The van der Waals surface area contributed by atoms with E-state index in [1.54, 1.807) is 12.3 Å². The number of aliphatic hydroxyl groups is 1. The first-order chi connectivity index (χ1) is 8.09. The molecule has 0 bridgehead atoms. The van der Waals surface area contributed by atoms with Gasteiger partial charge in [0.2, 0.25) is 0 Å². The number of nitrogens with zero attached hydrogens (tertiary/aromatic N) is 1. The second-order valence-corrected chi connectivity index (χ2v) is 5.20. The van der Waals surface area contributed by atoms with Gasteiger partial charge in [-0.2, -0.15) is 0 Å². The maximum absolute atomic E-state index is 10.4. The van der Waals surface area contributed by atoms with Crippen LogP contribution in [0.1, 0.15) is 32.6 Å². The van der Waals surface area contributed by atoms with Gasteiger partial charge in [0.1, 0.15) is 5.82 Å². The standard InChI is InChI=1S/C13H21N3O/c1-10-4-6-13(17,7-5-10)9-16-12-11(14)3-2-8-15-12/h2-3,8,10,17H,4-7,9,14H2,1H3,(H,15,16). The van der Waals surface area contributed by atoms with E-state index in [9.17, 15) is 5.11 Å². The average Bonchev–Trinajstić information content (AvgIpc) is 2.33. The molecule has 2 rings (SSSR count). The molecule has 1 aromatic rings. The van der Waals surface area contributed by atoms with Crippen LogP contribution in [-0.2, 0) is 0 Å². The summed E-state index contributed by atoms with van der Waals surface area (Å²) in [4.78, 5) is 4.16. The number of anilines is 2. The quantitative estimate of drug-likeness (QED) is 0.749. The van der Waals surface area contributed by atoms with E-state index in [1.165, 1.54) is 0 Å². The Labute approximate surface area is 102 Å². The van der Waals surface area contributed by atoms with Crippen molar-refractivity contribution in [2.75, 3.05) is 17.6 Å². The maximum Gasteiger partial charge on any atom is 0.149 e. The number of hydrogen-bond acceptors (Lipinski definition) is 4. The molecule has 4 heteroatoms. The molecule has 0 amide bonds. The summed E-state index contributed by atoms with van der Waals surface area (Å²) in [6.45, 7) is 2.77. The van der Waals surface area contributed by atoms with Gasteiger partial charge in [-0.3, -0.25) is 0 Å². The molecular weight excluding hydrogens is 214 g/mol. The number of nitrogens with one attached hydrogen (secondary N) is 1. The van der Waals surface area contributed by atoms with Crippen LogP contribution in [0.4, 0.5) is 11.5 Å². The van der Waals surface area contributed by atoms with E-state index in [-0.39, 0.29) is 0 Å². The van der Waals surface area contributed by atoms with Crippen LogP contribution >= 0.6 is 0 Å². The van der Waals surface area contributed by atoms with Gasteiger partial charge in [0, 0.05) is 12.7 Å². The van der Waals surface area contributed by atoms with E-state index in [4.69, 9.17) is 5.73 Å². The summed E-state index contributed by atoms with van der Waals surface area (Å²) in [5.41, 5.74) is 5.82. The lowest BCUT2D eigenvalue weighted by molar-refractivity contribution is 0.00496. The van der Waals surface area contributed by atoms with Crippen LogP contribution in [-0.4, -0.2) is 22.2 Å². The van der Waals surface area contributed by atoms with Crippen molar-refractivity contribution in [3.8, 4) is 0 Å². The van der Waals surface area contributed by atoms with Crippen molar-refractivity contribution < 1.29 is 5.11 Å². The van der Waals surface area contributed by atoms with Crippen LogP contribution in [0.2, 0.25) is 0 Å². The van der Waals surface area contributed by atoms with Gasteiger partial charge in [-0.1, -0.05) is 6.92 Å². The zero-order chi connectivity index (χ0) is 12.3. The van der Waals surface area contributed by atoms with Gasteiger partial charge in [0.25, 0.3) is 0 Å². The minimum absolute atomic E-state index is 0.529. The first kappa shape index (κ1) is 12.2. The number of rotatable bonds is 3. The van der Waals surface area contributed by atoms with Gasteiger partial charge in [-0.25, -0.2) is 4.98 Å². The highest BCUT2D eigenvalue weighted by molar-refractivity contribution is 5.60. The molecule has 94 valence electrons. The largest absolute Gasteiger partial charge is 0.396 e. The minimum atomic E-state index is -0.601. The lowest BCUT2D eigenvalue weighted by Crippen LogP contribution is -2.40. The van der Waals surface area contributed by atoms with E-state index in [0.29, 0.717) is 18.1 Å². The SMILES string of the molecule is CC1CCC(O)(CNc2ncccc2N)CC1. The van der Waals surface area contributed by atoms with Crippen molar-refractivity contribution in [1.29, 1.82) is 0 Å². The minimum Gasteiger partial charge on any atom is -0.396 e. The van der Waals surface area contributed by atoms with Crippen molar-refractivity contribution >= 4 is 11.5 Å². The van der Waals surface area contributed by atoms with Crippen LogP contribution in [0.25, 0.3) is 0 Å². The highest BCUT2D eigenvalue weighted by atomic mass is 16.3. The Balaban J connectivity index is 1.92. The van der Waals surface area contributed by atoms with E-state index in [1.807, 2.05) is 6.07 Å². The Morgan fingerprint density at radius 1 is 1.53 bits per heavy atom. The van der Waals surface area contributed by atoms with Crippen molar-refractivity contribution in [3.63, 3.8) is 0 Å². The average molecular weight is 235 g/mol. The zero-order valence-electron chi connectivity index (χ0n) is 10.3. The summed E-state index contributed by atoms with van der Waals surface area (Å²) in [5.74, 6) is 1.40. The van der Waals surface area contributed by atoms with Gasteiger partial charge in [0.05, 0.1) is 11.3 Å². The molecule has 1 aromatic heterocycles. The molecule has 0 aromatic carbocycles. The summed E-state index contributed by atoms with van der Waals surface area (Å²) in [6, 6.07) is 3.61. The van der Waals surface area contributed by atoms with E-state index in [2.05, 4.69) is 17.2 Å². The third-order valence-corrected chi connectivity index (χ3v) is 3.63. The summed E-state index contributed by atoms with van der Waals surface area (Å²) in [7, 11) is 0. The molecule has 0 saturated heterocycles. The zero-order valence-corrected chi connectivity index (χ0v) is 10.3. The Morgan fingerprint density at radius 3 is 2.88 bits per heavy atom. The Morgan fingerprint density at radius 2 is 2.24 bits per heavy atom. The lowest BCUT2D eigenvalue weighted by atomic mass is 9.79. The third kappa shape index (κ3) is 3.09. The fourth-order valence-electron chi connectivity index (χ4n) is 2.29.